The first-order valence-corrected chi connectivity index (χ1v) is 9.99. The van der Waals surface area contributed by atoms with Crippen LogP contribution in [0.4, 0.5) is 0 Å². The number of rotatable bonds is 9. The van der Waals surface area contributed by atoms with E-state index in [4.69, 9.17) is 14.6 Å². The maximum atomic E-state index is 11.8. The van der Waals surface area contributed by atoms with Gasteiger partial charge in [0.2, 0.25) is 10.0 Å². The van der Waals surface area contributed by atoms with E-state index in [9.17, 15) is 18.0 Å². The highest BCUT2D eigenvalue weighted by Crippen LogP contribution is 2.12. The van der Waals surface area contributed by atoms with E-state index in [2.05, 4.69) is 5.32 Å². The molecule has 0 radical (unpaired) electrons. The number of nitrogens with one attached hydrogen (secondary N) is 1. The Hall–Kier alpha value is -2.91. The zero-order chi connectivity index (χ0) is 20.6. The van der Waals surface area contributed by atoms with Gasteiger partial charge in [-0.25, -0.2) is 13.6 Å². The fraction of sp³-hybridized carbons (Fsp3) is 0.263. The predicted octanol–water partition coefficient (Wildman–Crippen LogP) is 0.787. The lowest BCUT2D eigenvalue weighted by Gasteiger charge is -2.08. The van der Waals surface area contributed by atoms with Crippen molar-refractivity contribution in [3.05, 3.63) is 59.7 Å². The van der Waals surface area contributed by atoms with Gasteiger partial charge in [0.1, 0.15) is 5.75 Å². The fourth-order valence-electron chi connectivity index (χ4n) is 2.35. The third-order valence-corrected chi connectivity index (χ3v) is 4.79. The SMILES string of the molecule is COc1ccc(CC(=O)OCC(=O)NCCc2ccc(S(N)(=O)=O)cc2)cc1. The topological polar surface area (TPSA) is 125 Å². The van der Waals surface area contributed by atoms with Crippen LogP contribution in [0.3, 0.4) is 0 Å². The number of ether oxygens (including phenoxy) is 2. The van der Waals surface area contributed by atoms with Crippen molar-refractivity contribution in [3.63, 3.8) is 0 Å². The molecule has 0 saturated carbocycles. The molecule has 0 aliphatic rings. The quantitative estimate of drug-likeness (QED) is 0.593. The van der Waals surface area contributed by atoms with Gasteiger partial charge in [-0.2, -0.15) is 0 Å². The summed E-state index contributed by atoms with van der Waals surface area (Å²) in [5.74, 6) is -0.223. The second-order valence-corrected chi connectivity index (χ2v) is 7.54. The van der Waals surface area contributed by atoms with Crippen LogP contribution in [0.25, 0.3) is 0 Å². The van der Waals surface area contributed by atoms with Crippen molar-refractivity contribution in [2.24, 2.45) is 5.14 Å². The van der Waals surface area contributed by atoms with E-state index < -0.39 is 21.9 Å². The van der Waals surface area contributed by atoms with Gasteiger partial charge in [0.05, 0.1) is 18.4 Å². The normalized spacial score (nSPS) is 10.9. The molecule has 1 amide bonds. The Kier molecular flexibility index (Phi) is 7.53. The highest BCUT2D eigenvalue weighted by molar-refractivity contribution is 7.89. The third-order valence-electron chi connectivity index (χ3n) is 3.86. The van der Waals surface area contributed by atoms with Crippen LogP contribution >= 0.6 is 0 Å². The van der Waals surface area contributed by atoms with E-state index in [0.717, 1.165) is 11.1 Å². The van der Waals surface area contributed by atoms with Crippen LogP contribution in [-0.4, -0.2) is 40.6 Å². The number of hydrogen-bond acceptors (Lipinski definition) is 6. The summed E-state index contributed by atoms with van der Waals surface area (Å²) in [4.78, 5) is 23.6. The number of sulfonamides is 1. The molecule has 3 N–H and O–H groups in total. The van der Waals surface area contributed by atoms with E-state index in [1.807, 2.05) is 0 Å². The van der Waals surface area contributed by atoms with Gasteiger partial charge in [-0.05, 0) is 41.8 Å². The fourth-order valence-corrected chi connectivity index (χ4v) is 2.87. The maximum Gasteiger partial charge on any atom is 0.310 e. The van der Waals surface area contributed by atoms with Crippen LogP contribution < -0.4 is 15.2 Å². The molecule has 0 aliphatic heterocycles. The van der Waals surface area contributed by atoms with Crippen LogP contribution in [-0.2, 0) is 37.2 Å². The second-order valence-electron chi connectivity index (χ2n) is 5.97. The van der Waals surface area contributed by atoms with Crippen molar-refractivity contribution in [3.8, 4) is 5.75 Å². The average Bonchev–Trinajstić information content (AvgIpc) is 2.67. The molecule has 0 spiro atoms. The number of hydrogen-bond donors (Lipinski definition) is 2. The zero-order valence-electron chi connectivity index (χ0n) is 15.4. The highest BCUT2D eigenvalue weighted by Gasteiger charge is 2.09. The molecule has 0 unspecified atom stereocenters. The van der Waals surface area contributed by atoms with Gasteiger partial charge < -0.3 is 14.8 Å². The second kappa shape index (κ2) is 9.86. The van der Waals surface area contributed by atoms with Gasteiger partial charge in [0, 0.05) is 6.54 Å². The molecule has 0 aliphatic carbocycles. The number of carbonyl (C=O) groups excluding carboxylic acids is 2. The van der Waals surface area contributed by atoms with Crippen molar-refractivity contribution >= 4 is 21.9 Å². The standard InChI is InChI=1S/C19H22N2O6S/c1-26-16-6-2-15(3-7-16)12-19(23)27-13-18(22)21-11-10-14-4-8-17(9-5-14)28(20,24)25/h2-9H,10-13H2,1H3,(H,21,22)(H2,20,24,25). The first-order valence-electron chi connectivity index (χ1n) is 8.45. The largest absolute Gasteiger partial charge is 0.497 e. The van der Waals surface area contributed by atoms with Gasteiger partial charge in [0.15, 0.2) is 6.61 Å². The van der Waals surface area contributed by atoms with Crippen LogP contribution in [0, 0.1) is 0 Å². The summed E-state index contributed by atoms with van der Waals surface area (Å²) >= 11 is 0. The lowest BCUT2D eigenvalue weighted by molar-refractivity contribution is -0.147. The molecule has 0 bridgehead atoms. The first kappa shape index (κ1) is 21.4. The molecule has 150 valence electrons. The molecule has 0 aromatic heterocycles. The number of carbonyl (C=O) groups is 2. The molecule has 28 heavy (non-hydrogen) atoms. The van der Waals surface area contributed by atoms with Gasteiger partial charge in [-0.15, -0.1) is 0 Å². The summed E-state index contributed by atoms with van der Waals surface area (Å²) < 4.78 is 32.4. The smallest absolute Gasteiger partial charge is 0.310 e. The molecule has 9 heteroatoms. The molecular formula is C19H22N2O6S. The van der Waals surface area contributed by atoms with E-state index in [1.165, 1.54) is 12.1 Å². The molecular weight excluding hydrogens is 384 g/mol. The Morgan fingerprint density at radius 1 is 1.00 bits per heavy atom. The molecule has 0 heterocycles. The minimum absolute atomic E-state index is 0.0315. The average molecular weight is 406 g/mol. The first-order chi connectivity index (χ1) is 13.3. The maximum absolute atomic E-state index is 11.8. The Labute approximate surface area is 163 Å². The number of primary sulfonamides is 1. The minimum Gasteiger partial charge on any atom is -0.497 e. The van der Waals surface area contributed by atoms with E-state index in [0.29, 0.717) is 18.7 Å². The molecule has 0 saturated heterocycles. The number of benzene rings is 2. The summed E-state index contributed by atoms with van der Waals surface area (Å²) in [6.45, 7) is -0.0388. The van der Waals surface area contributed by atoms with Crippen molar-refractivity contribution in [1.29, 1.82) is 0 Å². The molecule has 0 fully saturated rings. The summed E-state index contributed by atoms with van der Waals surface area (Å²) in [5, 5.41) is 7.67. The molecule has 2 rings (SSSR count). The number of amides is 1. The van der Waals surface area contributed by atoms with Crippen molar-refractivity contribution in [2.45, 2.75) is 17.7 Å². The summed E-state index contributed by atoms with van der Waals surface area (Å²) in [6, 6.07) is 13.1. The summed E-state index contributed by atoms with van der Waals surface area (Å²) in [7, 11) is -2.16. The van der Waals surface area contributed by atoms with Crippen molar-refractivity contribution in [2.75, 3.05) is 20.3 Å². The predicted molar refractivity (Wildman–Crippen MR) is 102 cm³/mol. The number of nitrogens with two attached hydrogens (primary N) is 1. The van der Waals surface area contributed by atoms with Gasteiger partial charge in [-0.1, -0.05) is 24.3 Å². The van der Waals surface area contributed by atoms with E-state index >= 15 is 0 Å². The van der Waals surface area contributed by atoms with Crippen LogP contribution in [0.5, 0.6) is 5.75 Å². The number of methoxy groups -OCH3 is 1. The molecule has 0 atom stereocenters. The van der Waals surface area contributed by atoms with Gasteiger partial charge in [0.25, 0.3) is 5.91 Å². The van der Waals surface area contributed by atoms with Crippen molar-refractivity contribution in [1.82, 2.24) is 5.32 Å². The van der Waals surface area contributed by atoms with Crippen LogP contribution in [0.1, 0.15) is 11.1 Å². The lowest BCUT2D eigenvalue weighted by atomic mass is 10.1. The van der Waals surface area contributed by atoms with Crippen LogP contribution in [0.15, 0.2) is 53.4 Å². The minimum atomic E-state index is -3.72. The Balaban J connectivity index is 1.68. The summed E-state index contributed by atoms with van der Waals surface area (Å²) in [6.07, 6.45) is 0.560. The summed E-state index contributed by atoms with van der Waals surface area (Å²) in [5.41, 5.74) is 1.60. The lowest BCUT2D eigenvalue weighted by Crippen LogP contribution is -2.30. The number of esters is 1. The monoisotopic (exact) mass is 406 g/mol. The van der Waals surface area contributed by atoms with E-state index in [1.54, 1.807) is 43.5 Å². The van der Waals surface area contributed by atoms with Gasteiger partial charge in [-0.3, -0.25) is 9.59 Å². The Bertz CT molecular complexity index is 908. The van der Waals surface area contributed by atoms with E-state index in [-0.39, 0.29) is 17.9 Å². The zero-order valence-corrected chi connectivity index (χ0v) is 16.2. The Morgan fingerprint density at radius 2 is 1.61 bits per heavy atom. The molecule has 8 nitrogen and oxygen atoms in total. The van der Waals surface area contributed by atoms with Crippen LogP contribution in [0.2, 0.25) is 0 Å². The highest BCUT2D eigenvalue weighted by atomic mass is 32.2. The van der Waals surface area contributed by atoms with Crippen molar-refractivity contribution < 1.29 is 27.5 Å². The molecule has 2 aromatic carbocycles. The molecule has 2 aromatic rings. The third kappa shape index (κ3) is 7.01. The Morgan fingerprint density at radius 3 is 2.18 bits per heavy atom. The van der Waals surface area contributed by atoms with Gasteiger partial charge >= 0.3 is 5.97 Å².